The zero-order valence-electron chi connectivity index (χ0n) is 11.8. The lowest BCUT2D eigenvalue weighted by Gasteiger charge is -2.09. The average molecular weight is 300 g/mol. The lowest BCUT2D eigenvalue weighted by molar-refractivity contribution is -0.384. The Labute approximate surface area is 127 Å². The van der Waals surface area contributed by atoms with Crippen molar-refractivity contribution in [3.05, 3.63) is 69.8 Å². The number of hydrogen-bond donors (Lipinski definition) is 3. The van der Waals surface area contributed by atoms with Crippen LogP contribution in [0.3, 0.4) is 0 Å². The molecule has 0 heterocycles. The van der Waals surface area contributed by atoms with Crippen LogP contribution in [0.2, 0.25) is 0 Å². The minimum absolute atomic E-state index is 0.0708. The van der Waals surface area contributed by atoms with Crippen molar-refractivity contribution in [2.45, 2.75) is 6.42 Å². The van der Waals surface area contributed by atoms with Gasteiger partial charge in [-0.15, -0.1) is 0 Å². The summed E-state index contributed by atoms with van der Waals surface area (Å²) < 4.78 is 0. The Morgan fingerprint density at radius 3 is 2.59 bits per heavy atom. The third kappa shape index (κ3) is 4.03. The largest absolute Gasteiger partial charge is 0.398 e. The minimum atomic E-state index is -0.570. The first-order valence-corrected chi connectivity index (χ1v) is 6.69. The van der Waals surface area contributed by atoms with E-state index in [4.69, 9.17) is 5.73 Å². The number of benzene rings is 2. The lowest BCUT2D eigenvalue weighted by Crippen LogP contribution is -2.38. The quantitative estimate of drug-likeness (QED) is 0.325. The van der Waals surface area contributed by atoms with Gasteiger partial charge in [0.1, 0.15) is 0 Å². The predicted octanol–water partition coefficient (Wildman–Crippen LogP) is 1.65. The molecule has 1 amide bonds. The molecule has 7 heteroatoms. The second-order valence-electron chi connectivity index (χ2n) is 4.65. The predicted molar refractivity (Wildman–Crippen MR) is 83.1 cm³/mol. The number of rotatable bonds is 6. The summed E-state index contributed by atoms with van der Waals surface area (Å²) in [5.74, 6) is -0.505. The Bertz CT molecular complexity index is 674. The maximum Gasteiger partial charge on any atom is 0.270 e. The first kappa shape index (κ1) is 15.5. The molecule has 4 N–H and O–H groups in total. The van der Waals surface area contributed by atoms with Crippen LogP contribution < -0.4 is 16.6 Å². The summed E-state index contributed by atoms with van der Waals surface area (Å²) in [5, 5.41) is 10.7. The number of nitrogens with zero attached hydrogens (tertiary/aromatic N) is 1. The number of hydrazine groups is 1. The minimum Gasteiger partial charge on any atom is -0.398 e. The average Bonchev–Trinajstić information content (AvgIpc) is 2.52. The van der Waals surface area contributed by atoms with Crippen molar-refractivity contribution >= 4 is 17.3 Å². The second-order valence-corrected chi connectivity index (χ2v) is 4.65. The van der Waals surface area contributed by atoms with Crippen LogP contribution in [0.25, 0.3) is 0 Å². The molecule has 0 atom stereocenters. The standard InChI is InChI=1S/C15H16N4O3/c16-14-7-6-12(19(21)22)10-13(14)15(20)18-17-9-8-11-4-2-1-3-5-11/h1-7,10,17H,8-9,16H2,(H,18,20). The number of anilines is 1. The van der Waals surface area contributed by atoms with E-state index in [2.05, 4.69) is 10.9 Å². The molecule has 7 nitrogen and oxygen atoms in total. The molecule has 0 aromatic heterocycles. The van der Waals surface area contributed by atoms with E-state index >= 15 is 0 Å². The van der Waals surface area contributed by atoms with Crippen molar-refractivity contribution in [1.29, 1.82) is 0 Å². The summed E-state index contributed by atoms with van der Waals surface area (Å²) in [6.45, 7) is 0.532. The number of nitrogens with two attached hydrogens (primary N) is 1. The topological polar surface area (TPSA) is 110 Å². The molecule has 0 saturated carbocycles. The Morgan fingerprint density at radius 2 is 1.91 bits per heavy atom. The molecule has 0 spiro atoms. The number of nitro groups is 1. The van der Waals surface area contributed by atoms with E-state index < -0.39 is 10.8 Å². The highest BCUT2D eigenvalue weighted by Crippen LogP contribution is 2.19. The van der Waals surface area contributed by atoms with Crippen molar-refractivity contribution in [3.63, 3.8) is 0 Å². The zero-order valence-corrected chi connectivity index (χ0v) is 11.8. The van der Waals surface area contributed by atoms with Gasteiger partial charge in [-0.25, -0.2) is 5.43 Å². The Kier molecular flexibility index (Phi) is 5.05. The summed E-state index contributed by atoms with van der Waals surface area (Å²) in [6.07, 6.45) is 0.742. The van der Waals surface area contributed by atoms with Crippen molar-refractivity contribution in [2.24, 2.45) is 0 Å². The molecule has 0 bridgehead atoms. The molecule has 2 aromatic carbocycles. The summed E-state index contributed by atoms with van der Waals surface area (Å²) in [7, 11) is 0. The summed E-state index contributed by atoms with van der Waals surface area (Å²) in [5.41, 5.74) is 12.2. The number of carbonyl (C=O) groups is 1. The molecular weight excluding hydrogens is 284 g/mol. The van der Waals surface area contributed by atoms with E-state index in [9.17, 15) is 14.9 Å². The number of carbonyl (C=O) groups excluding carboxylic acids is 1. The third-order valence-corrected chi connectivity index (χ3v) is 3.08. The molecule has 0 fully saturated rings. The second kappa shape index (κ2) is 7.19. The van der Waals surface area contributed by atoms with Crippen LogP contribution in [0.1, 0.15) is 15.9 Å². The van der Waals surface area contributed by atoms with E-state index in [0.29, 0.717) is 6.54 Å². The van der Waals surface area contributed by atoms with E-state index in [-0.39, 0.29) is 16.9 Å². The van der Waals surface area contributed by atoms with Gasteiger partial charge in [-0.3, -0.25) is 20.3 Å². The molecular formula is C15H16N4O3. The van der Waals surface area contributed by atoms with Gasteiger partial charge < -0.3 is 5.73 Å². The smallest absolute Gasteiger partial charge is 0.270 e. The van der Waals surface area contributed by atoms with Crippen LogP contribution in [0.15, 0.2) is 48.5 Å². The highest BCUT2D eigenvalue weighted by Gasteiger charge is 2.14. The molecule has 0 unspecified atom stereocenters. The highest BCUT2D eigenvalue weighted by molar-refractivity contribution is 5.99. The molecule has 0 aliphatic rings. The van der Waals surface area contributed by atoms with Crippen LogP contribution in [0.4, 0.5) is 11.4 Å². The molecule has 22 heavy (non-hydrogen) atoms. The number of amides is 1. The first-order chi connectivity index (χ1) is 10.6. The van der Waals surface area contributed by atoms with Gasteiger partial charge in [0.15, 0.2) is 0 Å². The van der Waals surface area contributed by atoms with E-state index in [1.54, 1.807) is 0 Å². The SMILES string of the molecule is Nc1ccc([N+](=O)[O-])cc1C(=O)NNCCc1ccccc1. The molecule has 2 rings (SSSR count). The van der Waals surface area contributed by atoms with Gasteiger partial charge in [0, 0.05) is 24.4 Å². The zero-order chi connectivity index (χ0) is 15.9. The van der Waals surface area contributed by atoms with Gasteiger partial charge in [0.05, 0.1) is 10.5 Å². The van der Waals surface area contributed by atoms with Crippen LogP contribution in [0, 0.1) is 10.1 Å². The van der Waals surface area contributed by atoms with Gasteiger partial charge >= 0.3 is 0 Å². The summed E-state index contributed by atoms with van der Waals surface area (Å²) in [4.78, 5) is 22.1. The number of nitrogen functional groups attached to an aromatic ring is 1. The molecule has 0 aliphatic heterocycles. The van der Waals surface area contributed by atoms with Gasteiger partial charge in [-0.1, -0.05) is 30.3 Å². The van der Waals surface area contributed by atoms with Gasteiger partial charge in [-0.2, -0.15) is 0 Å². The number of nitrogens with one attached hydrogen (secondary N) is 2. The maximum atomic E-state index is 12.0. The van der Waals surface area contributed by atoms with E-state index in [0.717, 1.165) is 18.1 Å². The monoisotopic (exact) mass is 300 g/mol. The summed E-state index contributed by atoms with van der Waals surface area (Å²) in [6, 6.07) is 13.6. The molecule has 0 saturated heterocycles. The van der Waals surface area contributed by atoms with Gasteiger partial charge in [0.25, 0.3) is 11.6 Å². The van der Waals surface area contributed by atoms with Gasteiger partial charge in [-0.05, 0) is 18.1 Å². The van der Waals surface area contributed by atoms with Crippen molar-refractivity contribution in [2.75, 3.05) is 12.3 Å². The Morgan fingerprint density at radius 1 is 1.18 bits per heavy atom. The van der Waals surface area contributed by atoms with Crippen molar-refractivity contribution in [3.8, 4) is 0 Å². The molecule has 0 radical (unpaired) electrons. The van der Waals surface area contributed by atoms with Gasteiger partial charge in [0.2, 0.25) is 0 Å². The maximum absolute atomic E-state index is 12.0. The van der Waals surface area contributed by atoms with Crippen molar-refractivity contribution < 1.29 is 9.72 Å². The fourth-order valence-corrected chi connectivity index (χ4v) is 1.92. The van der Waals surface area contributed by atoms with Crippen LogP contribution in [-0.4, -0.2) is 17.4 Å². The number of non-ortho nitro benzene ring substituents is 1. The summed E-state index contributed by atoms with van der Waals surface area (Å²) >= 11 is 0. The Hall–Kier alpha value is -2.93. The molecule has 2 aromatic rings. The van der Waals surface area contributed by atoms with Crippen LogP contribution >= 0.6 is 0 Å². The lowest BCUT2D eigenvalue weighted by atomic mass is 10.1. The molecule has 114 valence electrons. The van der Waals surface area contributed by atoms with Crippen LogP contribution in [-0.2, 0) is 6.42 Å². The number of nitro benzene ring substituents is 1. The fraction of sp³-hybridized carbons (Fsp3) is 0.133. The van der Waals surface area contributed by atoms with E-state index in [1.807, 2.05) is 30.3 Å². The number of hydrogen-bond acceptors (Lipinski definition) is 5. The van der Waals surface area contributed by atoms with Crippen molar-refractivity contribution in [1.82, 2.24) is 10.9 Å². The van der Waals surface area contributed by atoms with E-state index in [1.165, 1.54) is 12.1 Å². The first-order valence-electron chi connectivity index (χ1n) is 6.69. The fourth-order valence-electron chi connectivity index (χ4n) is 1.92. The van der Waals surface area contributed by atoms with Crippen LogP contribution in [0.5, 0.6) is 0 Å². The molecule has 0 aliphatic carbocycles. The highest BCUT2D eigenvalue weighted by atomic mass is 16.6. The normalized spacial score (nSPS) is 10.2. The third-order valence-electron chi connectivity index (χ3n) is 3.08. The Balaban J connectivity index is 1.89.